The molecule has 1 saturated heterocycles. The molecule has 1 rings (SSSR count). The lowest BCUT2D eigenvalue weighted by atomic mass is 10.1. The fraction of sp³-hybridized carbons (Fsp3) is 0.750. The Bertz CT molecular complexity index is 108. The van der Waals surface area contributed by atoms with Crippen LogP contribution in [0.4, 0.5) is 0 Å². The third-order valence-corrected chi connectivity index (χ3v) is 1.97. The van der Waals surface area contributed by atoms with Crippen molar-refractivity contribution >= 4 is 0 Å². The molecular weight excluding hydrogens is 126 g/mol. The van der Waals surface area contributed by atoms with E-state index in [1.165, 1.54) is 6.42 Å². The largest absolute Gasteiger partial charge is 0.391 e. The van der Waals surface area contributed by atoms with E-state index < -0.39 is 0 Å². The van der Waals surface area contributed by atoms with Crippen molar-refractivity contribution < 1.29 is 5.11 Å². The van der Waals surface area contributed by atoms with Gasteiger partial charge in [-0.1, -0.05) is 6.08 Å². The summed E-state index contributed by atoms with van der Waals surface area (Å²) in [5.74, 6) is 0. The summed E-state index contributed by atoms with van der Waals surface area (Å²) in [6.45, 7) is 4.64. The summed E-state index contributed by atoms with van der Waals surface area (Å²) < 4.78 is 0. The summed E-state index contributed by atoms with van der Waals surface area (Å²) in [4.78, 5) is 0. The molecule has 10 heavy (non-hydrogen) atoms. The van der Waals surface area contributed by atoms with Crippen LogP contribution in [0.1, 0.15) is 19.3 Å². The van der Waals surface area contributed by atoms with E-state index in [1.54, 1.807) is 6.08 Å². The van der Waals surface area contributed by atoms with Crippen LogP contribution in [0.3, 0.4) is 0 Å². The summed E-state index contributed by atoms with van der Waals surface area (Å²) in [6, 6.07) is 0.318. The Balaban J connectivity index is 2.24. The van der Waals surface area contributed by atoms with Crippen LogP contribution in [-0.2, 0) is 0 Å². The first-order valence-corrected chi connectivity index (χ1v) is 3.87. The Morgan fingerprint density at radius 3 is 3.10 bits per heavy atom. The van der Waals surface area contributed by atoms with Gasteiger partial charge >= 0.3 is 0 Å². The Kier molecular flexibility index (Phi) is 2.90. The van der Waals surface area contributed by atoms with Crippen molar-refractivity contribution in [3.05, 3.63) is 12.7 Å². The topological polar surface area (TPSA) is 32.3 Å². The number of rotatable bonds is 3. The summed E-state index contributed by atoms with van der Waals surface area (Å²) in [7, 11) is 0. The van der Waals surface area contributed by atoms with E-state index in [1.807, 2.05) is 0 Å². The van der Waals surface area contributed by atoms with E-state index in [0.717, 1.165) is 13.0 Å². The monoisotopic (exact) mass is 141 g/mol. The lowest BCUT2D eigenvalue weighted by molar-refractivity contribution is 0.139. The van der Waals surface area contributed by atoms with Crippen LogP contribution in [-0.4, -0.2) is 23.8 Å². The molecule has 0 aromatic heterocycles. The van der Waals surface area contributed by atoms with Gasteiger partial charge in [-0.25, -0.2) is 0 Å². The Morgan fingerprint density at radius 1 is 1.80 bits per heavy atom. The van der Waals surface area contributed by atoms with E-state index in [0.29, 0.717) is 12.5 Å². The lowest BCUT2D eigenvalue weighted by Gasteiger charge is -2.15. The van der Waals surface area contributed by atoms with Crippen LogP contribution in [0.25, 0.3) is 0 Å². The highest BCUT2D eigenvalue weighted by Gasteiger charge is 2.20. The highest BCUT2D eigenvalue weighted by atomic mass is 16.3. The van der Waals surface area contributed by atoms with Crippen molar-refractivity contribution in [2.75, 3.05) is 6.54 Å². The van der Waals surface area contributed by atoms with Gasteiger partial charge < -0.3 is 10.4 Å². The molecule has 2 heteroatoms. The van der Waals surface area contributed by atoms with Gasteiger partial charge in [0.25, 0.3) is 0 Å². The molecule has 0 aromatic carbocycles. The molecule has 1 fully saturated rings. The predicted molar refractivity (Wildman–Crippen MR) is 41.8 cm³/mol. The van der Waals surface area contributed by atoms with Crippen LogP contribution < -0.4 is 5.32 Å². The van der Waals surface area contributed by atoms with Crippen LogP contribution in [0.5, 0.6) is 0 Å². The zero-order valence-corrected chi connectivity index (χ0v) is 6.21. The fourth-order valence-electron chi connectivity index (χ4n) is 1.37. The quantitative estimate of drug-likeness (QED) is 0.566. The minimum atomic E-state index is -0.222. The molecule has 1 aliphatic rings. The molecule has 1 aliphatic heterocycles. The van der Waals surface area contributed by atoms with Crippen molar-refractivity contribution in [3.63, 3.8) is 0 Å². The molecule has 0 aromatic rings. The second kappa shape index (κ2) is 3.74. The SMILES string of the molecule is C=CC[C@@H](O)[C@@H]1CCCN1. The third kappa shape index (κ3) is 1.82. The maximum absolute atomic E-state index is 9.42. The average molecular weight is 141 g/mol. The number of hydrogen-bond acceptors (Lipinski definition) is 2. The number of hydrogen-bond donors (Lipinski definition) is 2. The molecule has 0 saturated carbocycles. The number of aliphatic hydroxyl groups is 1. The summed E-state index contributed by atoms with van der Waals surface area (Å²) in [6.07, 6.45) is 4.55. The van der Waals surface area contributed by atoms with Crippen molar-refractivity contribution in [1.29, 1.82) is 0 Å². The van der Waals surface area contributed by atoms with Gasteiger partial charge in [-0.2, -0.15) is 0 Å². The molecule has 0 bridgehead atoms. The summed E-state index contributed by atoms with van der Waals surface area (Å²) in [5, 5.41) is 12.7. The van der Waals surface area contributed by atoms with Crippen LogP contribution in [0, 0.1) is 0 Å². The molecule has 0 radical (unpaired) electrons. The Hall–Kier alpha value is -0.340. The van der Waals surface area contributed by atoms with Gasteiger partial charge in [0.05, 0.1) is 6.10 Å². The highest BCUT2D eigenvalue weighted by Crippen LogP contribution is 2.11. The van der Waals surface area contributed by atoms with Gasteiger partial charge in [0.2, 0.25) is 0 Å². The van der Waals surface area contributed by atoms with Crippen LogP contribution in [0.15, 0.2) is 12.7 Å². The van der Waals surface area contributed by atoms with Gasteiger partial charge in [-0.05, 0) is 25.8 Å². The van der Waals surface area contributed by atoms with E-state index in [9.17, 15) is 5.11 Å². The summed E-state index contributed by atoms with van der Waals surface area (Å²) in [5.41, 5.74) is 0. The molecule has 58 valence electrons. The molecule has 2 nitrogen and oxygen atoms in total. The van der Waals surface area contributed by atoms with E-state index >= 15 is 0 Å². The van der Waals surface area contributed by atoms with Crippen molar-refractivity contribution in [1.82, 2.24) is 5.32 Å². The van der Waals surface area contributed by atoms with E-state index in [4.69, 9.17) is 0 Å². The Labute approximate surface area is 61.9 Å². The van der Waals surface area contributed by atoms with Gasteiger partial charge in [0, 0.05) is 6.04 Å². The zero-order valence-electron chi connectivity index (χ0n) is 6.21. The smallest absolute Gasteiger partial charge is 0.0727 e. The maximum atomic E-state index is 9.42. The van der Waals surface area contributed by atoms with Gasteiger partial charge in [0.1, 0.15) is 0 Å². The normalized spacial score (nSPS) is 28.3. The van der Waals surface area contributed by atoms with Gasteiger partial charge in [0.15, 0.2) is 0 Å². The fourth-order valence-corrected chi connectivity index (χ4v) is 1.37. The molecule has 2 N–H and O–H groups in total. The molecule has 0 spiro atoms. The van der Waals surface area contributed by atoms with E-state index in [2.05, 4.69) is 11.9 Å². The van der Waals surface area contributed by atoms with E-state index in [-0.39, 0.29) is 6.10 Å². The minimum Gasteiger partial charge on any atom is -0.391 e. The maximum Gasteiger partial charge on any atom is 0.0727 e. The van der Waals surface area contributed by atoms with Gasteiger partial charge in [-0.15, -0.1) is 6.58 Å². The zero-order chi connectivity index (χ0) is 7.40. The van der Waals surface area contributed by atoms with Crippen LogP contribution >= 0.6 is 0 Å². The lowest BCUT2D eigenvalue weighted by Crippen LogP contribution is -2.34. The summed E-state index contributed by atoms with van der Waals surface area (Å²) >= 11 is 0. The number of aliphatic hydroxyl groups excluding tert-OH is 1. The molecule has 0 aliphatic carbocycles. The number of nitrogens with one attached hydrogen (secondary N) is 1. The highest BCUT2D eigenvalue weighted by molar-refractivity contribution is 4.85. The van der Waals surface area contributed by atoms with Crippen molar-refractivity contribution in [2.45, 2.75) is 31.4 Å². The second-order valence-corrected chi connectivity index (χ2v) is 2.79. The first kappa shape index (κ1) is 7.76. The predicted octanol–water partition coefficient (Wildman–Crippen LogP) is 0.675. The molecular formula is C8H15NO. The van der Waals surface area contributed by atoms with Crippen LogP contribution in [0.2, 0.25) is 0 Å². The molecule has 2 atom stereocenters. The van der Waals surface area contributed by atoms with Crippen molar-refractivity contribution in [3.8, 4) is 0 Å². The first-order valence-electron chi connectivity index (χ1n) is 3.87. The Morgan fingerprint density at radius 2 is 2.60 bits per heavy atom. The molecule has 1 heterocycles. The third-order valence-electron chi connectivity index (χ3n) is 1.97. The van der Waals surface area contributed by atoms with Gasteiger partial charge in [-0.3, -0.25) is 0 Å². The standard InChI is InChI=1S/C8H15NO/c1-2-4-8(10)7-5-3-6-9-7/h2,7-10H,1,3-6H2/t7-,8+/m0/s1. The first-order chi connectivity index (χ1) is 4.84. The second-order valence-electron chi connectivity index (χ2n) is 2.79. The minimum absolute atomic E-state index is 0.222. The van der Waals surface area contributed by atoms with Crippen molar-refractivity contribution in [2.24, 2.45) is 0 Å². The molecule has 0 amide bonds. The average Bonchev–Trinajstić information content (AvgIpc) is 2.38. The molecule has 0 unspecified atom stereocenters.